The van der Waals surface area contributed by atoms with Crippen molar-refractivity contribution in [2.24, 2.45) is 0 Å². The van der Waals surface area contributed by atoms with Crippen molar-refractivity contribution in [1.82, 2.24) is 0 Å². The number of carbonyl (C=O) groups is 1. The molecule has 9 nitrogen and oxygen atoms in total. The molecular weight excluding hydrogens is 402 g/mol. The molecule has 0 saturated heterocycles. The maximum absolute atomic E-state index is 12.4. The number of non-ortho nitro benzene ring substituents is 1. The second-order valence-electron chi connectivity index (χ2n) is 6.69. The molecule has 1 aromatic heterocycles. The Hall–Kier alpha value is -4.27. The number of hydrogen-bond acceptors (Lipinski definition) is 7. The zero-order chi connectivity index (χ0) is 22.0. The summed E-state index contributed by atoms with van der Waals surface area (Å²) in [6, 6.07) is 15.3. The van der Waals surface area contributed by atoms with E-state index in [1.165, 1.54) is 25.3 Å². The molecule has 9 heteroatoms. The lowest BCUT2D eigenvalue weighted by molar-refractivity contribution is -0.384. The molecule has 0 aliphatic heterocycles. The molecule has 0 radical (unpaired) electrons. The average Bonchev–Trinajstić information content (AvgIpc) is 3.14. The minimum absolute atomic E-state index is 0.0672. The van der Waals surface area contributed by atoms with Crippen LogP contribution in [-0.4, -0.2) is 31.6 Å². The molecule has 0 atom stereocenters. The normalized spacial score (nSPS) is 10.8. The number of ether oxygens (including phenoxy) is 2. The fourth-order valence-electron chi connectivity index (χ4n) is 3.33. The van der Waals surface area contributed by atoms with Crippen LogP contribution in [0.3, 0.4) is 0 Å². The van der Waals surface area contributed by atoms with Crippen LogP contribution in [0.1, 0.15) is 0 Å². The third-order valence-electron chi connectivity index (χ3n) is 4.81. The molecular formula is C22H19N3O6. The molecule has 0 aliphatic carbocycles. The minimum atomic E-state index is -0.532. The highest BCUT2D eigenvalue weighted by atomic mass is 16.6. The summed E-state index contributed by atoms with van der Waals surface area (Å²) in [6.07, 6.45) is 0. The van der Waals surface area contributed by atoms with Crippen molar-refractivity contribution in [3.8, 4) is 11.5 Å². The largest absolute Gasteiger partial charge is 0.495 e. The van der Waals surface area contributed by atoms with Crippen LogP contribution in [0.2, 0.25) is 0 Å². The van der Waals surface area contributed by atoms with Gasteiger partial charge in [0.1, 0.15) is 22.7 Å². The monoisotopic (exact) mass is 421 g/mol. The standard InChI is InChI=1S/C22H19N3O6/c1-29-20-9-13(25(27)28)7-8-16(20)24-22(26)12-23-17-11-19-15(10-21(17)30-2)14-5-3-4-6-18(14)31-19/h3-11,23H,12H2,1-2H3,(H,24,26). The molecule has 2 N–H and O–H groups in total. The third-order valence-corrected chi connectivity index (χ3v) is 4.81. The molecule has 0 unspecified atom stereocenters. The topological polar surface area (TPSA) is 116 Å². The van der Waals surface area contributed by atoms with Gasteiger partial charge in [0, 0.05) is 22.9 Å². The van der Waals surface area contributed by atoms with Crippen LogP contribution >= 0.6 is 0 Å². The van der Waals surface area contributed by atoms with Crippen molar-refractivity contribution in [2.75, 3.05) is 31.4 Å². The maximum Gasteiger partial charge on any atom is 0.273 e. The highest BCUT2D eigenvalue weighted by Crippen LogP contribution is 2.36. The average molecular weight is 421 g/mol. The predicted octanol–water partition coefficient (Wildman–Crippen LogP) is 4.56. The molecule has 1 amide bonds. The molecule has 1 heterocycles. The van der Waals surface area contributed by atoms with E-state index < -0.39 is 4.92 Å². The van der Waals surface area contributed by atoms with Gasteiger partial charge in [0.15, 0.2) is 0 Å². The fourth-order valence-corrected chi connectivity index (χ4v) is 3.33. The first-order chi connectivity index (χ1) is 15.0. The van der Waals surface area contributed by atoms with Gasteiger partial charge < -0.3 is 24.5 Å². The minimum Gasteiger partial charge on any atom is -0.495 e. The van der Waals surface area contributed by atoms with Gasteiger partial charge in [0.2, 0.25) is 5.91 Å². The van der Waals surface area contributed by atoms with E-state index in [0.29, 0.717) is 22.7 Å². The van der Waals surface area contributed by atoms with Crippen LogP contribution in [0.4, 0.5) is 17.1 Å². The molecule has 0 saturated carbocycles. The molecule has 4 aromatic rings. The molecule has 0 aliphatic rings. The highest BCUT2D eigenvalue weighted by molar-refractivity contribution is 6.07. The van der Waals surface area contributed by atoms with Gasteiger partial charge in [0.05, 0.1) is 43.1 Å². The number of para-hydroxylation sites is 1. The van der Waals surface area contributed by atoms with Gasteiger partial charge in [-0.25, -0.2) is 0 Å². The van der Waals surface area contributed by atoms with E-state index in [9.17, 15) is 14.9 Å². The quantitative estimate of drug-likeness (QED) is 0.332. The van der Waals surface area contributed by atoms with Crippen LogP contribution in [-0.2, 0) is 4.79 Å². The number of methoxy groups -OCH3 is 2. The number of nitrogens with one attached hydrogen (secondary N) is 2. The van der Waals surface area contributed by atoms with Gasteiger partial charge in [-0.15, -0.1) is 0 Å². The van der Waals surface area contributed by atoms with E-state index in [1.54, 1.807) is 13.2 Å². The number of benzene rings is 3. The van der Waals surface area contributed by atoms with Crippen molar-refractivity contribution in [1.29, 1.82) is 0 Å². The number of hydrogen-bond donors (Lipinski definition) is 2. The summed E-state index contributed by atoms with van der Waals surface area (Å²) >= 11 is 0. The summed E-state index contributed by atoms with van der Waals surface area (Å²) in [6.45, 7) is -0.0672. The van der Waals surface area contributed by atoms with Crippen molar-refractivity contribution >= 4 is 44.9 Å². The maximum atomic E-state index is 12.4. The first-order valence-electron chi connectivity index (χ1n) is 9.35. The van der Waals surface area contributed by atoms with E-state index in [0.717, 1.165) is 16.4 Å². The second-order valence-corrected chi connectivity index (χ2v) is 6.69. The molecule has 0 fully saturated rings. The Morgan fingerprint density at radius 1 is 0.968 bits per heavy atom. The highest BCUT2D eigenvalue weighted by Gasteiger charge is 2.15. The van der Waals surface area contributed by atoms with E-state index in [4.69, 9.17) is 13.9 Å². The number of nitro groups is 1. The number of fused-ring (bicyclic) bond motifs is 3. The number of anilines is 2. The summed E-state index contributed by atoms with van der Waals surface area (Å²) in [7, 11) is 2.93. The summed E-state index contributed by atoms with van der Waals surface area (Å²) in [5.41, 5.74) is 2.23. The summed E-state index contributed by atoms with van der Waals surface area (Å²) in [4.78, 5) is 22.8. The van der Waals surface area contributed by atoms with Crippen LogP contribution < -0.4 is 20.1 Å². The molecule has 0 bridgehead atoms. The predicted molar refractivity (Wildman–Crippen MR) is 117 cm³/mol. The number of amides is 1. The lowest BCUT2D eigenvalue weighted by Gasteiger charge is -2.13. The van der Waals surface area contributed by atoms with E-state index in [2.05, 4.69) is 10.6 Å². The Bertz CT molecular complexity index is 1300. The summed E-state index contributed by atoms with van der Waals surface area (Å²) in [5.74, 6) is 0.405. The zero-order valence-electron chi connectivity index (χ0n) is 16.8. The van der Waals surface area contributed by atoms with Crippen molar-refractivity contribution < 1.29 is 23.6 Å². The van der Waals surface area contributed by atoms with Crippen LogP contribution in [0.15, 0.2) is 59.0 Å². The van der Waals surface area contributed by atoms with Crippen LogP contribution in [0.5, 0.6) is 11.5 Å². The fraction of sp³-hybridized carbons (Fsp3) is 0.136. The van der Waals surface area contributed by atoms with Gasteiger partial charge >= 0.3 is 0 Å². The molecule has 31 heavy (non-hydrogen) atoms. The zero-order valence-corrected chi connectivity index (χ0v) is 16.8. The lowest BCUT2D eigenvalue weighted by Crippen LogP contribution is -2.22. The van der Waals surface area contributed by atoms with Gasteiger partial charge in [-0.2, -0.15) is 0 Å². The third kappa shape index (κ3) is 3.93. The van der Waals surface area contributed by atoms with Gasteiger partial charge in [-0.1, -0.05) is 18.2 Å². The Morgan fingerprint density at radius 3 is 2.45 bits per heavy atom. The first kappa shape index (κ1) is 20.0. The molecule has 0 spiro atoms. The Balaban J connectivity index is 1.53. The van der Waals surface area contributed by atoms with Crippen molar-refractivity contribution in [3.05, 3.63) is 64.7 Å². The van der Waals surface area contributed by atoms with Crippen molar-refractivity contribution in [2.45, 2.75) is 0 Å². The van der Waals surface area contributed by atoms with Crippen molar-refractivity contribution in [3.63, 3.8) is 0 Å². The first-order valence-corrected chi connectivity index (χ1v) is 9.35. The molecule has 3 aromatic carbocycles. The summed E-state index contributed by atoms with van der Waals surface area (Å²) < 4.78 is 16.5. The van der Waals surface area contributed by atoms with Gasteiger partial charge in [0.25, 0.3) is 5.69 Å². The second kappa shape index (κ2) is 8.23. The van der Waals surface area contributed by atoms with Crippen LogP contribution in [0.25, 0.3) is 21.9 Å². The van der Waals surface area contributed by atoms with Gasteiger partial charge in [-0.3, -0.25) is 14.9 Å². The van der Waals surface area contributed by atoms with E-state index in [-0.39, 0.29) is 23.9 Å². The Morgan fingerprint density at radius 2 is 1.71 bits per heavy atom. The number of rotatable bonds is 7. The lowest BCUT2D eigenvalue weighted by atomic mass is 10.1. The van der Waals surface area contributed by atoms with Gasteiger partial charge in [-0.05, 0) is 18.2 Å². The number of nitrogens with zero attached hydrogens (tertiary/aromatic N) is 1. The summed E-state index contributed by atoms with van der Waals surface area (Å²) in [5, 5.41) is 18.5. The smallest absolute Gasteiger partial charge is 0.273 e. The van der Waals surface area contributed by atoms with E-state index in [1.807, 2.05) is 30.3 Å². The molecule has 4 rings (SSSR count). The Labute approximate surface area is 176 Å². The number of furan rings is 1. The number of nitro benzene ring substituents is 1. The number of carbonyl (C=O) groups excluding carboxylic acids is 1. The SMILES string of the molecule is COc1cc2c(cc1NCC(=O)Nc1ccc([N+](=O)[O-])cc1OC)oc1ccccc12. The van der Waals surface area contributed by atoms with E-state index >= 15 is 0 Å². The Kier molecular flexibility index (Phi) is 5.31. The van der Waals surface area contributed by atoms with Crippen LogP contribution in [0, 0.1) is 10.1 Å². The molecule has 158 valence electrons.